The molecule has 29 heavy (non-hydrogen) atoms. The van der Waals surface area contributed by atoms with Gasteiger partial charge in [0.05, 0.1) is 6.10 Å². The summed E-state index contributed by atoms with van der Waals surface area (Å²) in [5.74, 6) is -0.0462. The molecule has 0 unspecified atom stereocenters. The molecule has 0 radical (unpaired) electrons. The molecule has 8 heteroatoms. The summed E-state index contributed by atoms with van der Waals surface area (Å²) in [6.45, 7) is 18.4. The average molecular weight is 493 g/mol. The van der Waals surface area contributed by atoms with Gasteiger partial charge in [0.2, 0.25) is 0 Å². The second kappa shape index (κ2) is 9.96. The van der Waals surface area contributed by atoms with Gasteiger partial charge in [-0.25, -0.2) is 4.79 Å². The number of hydrogen-bond acceptors (Lipinski definition) is 5. The van der Waals surface area contributed by atoms with Crippen molar-refractivity contribution in [2.24, 2.45) is 5.92 Å². The fourth-order valence-corrected chi connectivity index (χ4v) is 6.26. The normalized spacial score (nSPS) is 20.9. The zero-order valence-corrected chi connectivity index (χ0v) is 21.9. The molecule has 0 aliphatic heterocycles. The maximum Gasteiger partial charge on any atom is 0.408 e. The van der Waals surface area contributed by atoms with Crippen LogP contribution in [-0.4, -0.2) is 44.7 Å². The topological polar surface area (TPSA) is 73.9 Å². The van der Waals surface area contributed by atoms with E-state index < -0.39 is 32.1 Å². The van der Waals surface area contributed by atoms with E-state index in [4.69, 9.17) is 13.9 Å². The molecule has 0 fully saturated rings. The van der Waals surface area contributed by atoms with E-state index in [9.17, 15) is 9.59 Å². The Balaban J connectivity index is 2.78. The molecule has 1 aliphatic carbocycles. The standard InChI is InChI=1S/C21H38BrNO5Si/c1-14(2)21(6,7)29(8,9)28-16-12-10-11-15(22)18(16)26-17(24)13-23-19(25)27-20(3,4)5/h11,14,16,18H,10,12-13H2,1-9H3,(H,23,25)/t16-,18+/m0/s1. The van der Waals surface area contributed by atoms with Gasteiger partial charge in [0.25, 0.3) is 0 Å². The molecular weight excluding hydrogens is 454 g/mol. The van der Waals surface area contributed by atoms with Crippen LogP contribution in [0.1, 0.15) is 61.3 Å². The third-order valence-corrected chi connectivity index (χ3v) is 11.2. The van der Waals surface area contributed by atoms with E-state index in [1.165, 1.54) is 0 Å². The van der Waals surface area contributed by atoms with Crippen LogP contribution < -0.4 is 5.32 Å². The lowest BCUT2D eigenvalue weighted by Crippen LogP contribution is -2.51. The van der Waals surface area contributed by atoms with Crippen molar-refractivity contribution in [3.63, 3.8) is 0 Å². The maximum absolute atomic E-state index is 12.4. The summed E-state index contributed by atoms with van der Waals surface area (Å²) in [6.07, 6.45) is 2.30. The van der Waals surface area contributed by atoms with Gasteiger partial charge in [-0.2, -0.15) is 0 Å². The number of nitrogens with one attached hydrogen (secondary N) is 1. The molecule has 0 saturated carbocycles. The van der Waals surface area contributed by atoms with Crippen LogP contribution in [0.15, 0.2) is 10.6 Å². The number of amides is 1. The van der Waals surface area contributed by atoms with Gasteiger partial charge in [-0.05, 0) is 57.7 Å². The molecule has 0 aromatic heterocycles. The van der Waals surface area contributed by atoms with Crippen molar-refractivity contribution in [3.8, 4) is 0 Å². The first-order valence-electron chi connectivity index (χ1n) is 10.3. The molecular formula is C21H38BrNO5Si. The highest BCUT2D eigenvalue weighted by Gasteiger charge is 2.46. The minimum atomic E-state index is -2.10. The molecule has 1 aliphatic rings. The van der Waals surface area contributed by atoms with Crippen LogP contribution in [0.4, 0.5) is 4.79 Å². The van der Waals surface area contributed by atoms with Crippen LogP contribution >= 0.6 is 15.9 Å². The highest BCUT2D eigenvalue weighted by molar-refractivity contribution is 9.11. The van der Waals surface area contributed by atoms with E-state index in [-0.39, 0.29) is 17.7 Å². The van der Waals surface area contributed by atoms with Crippen LogP contribution in [0.25, 0.3) is 0 Å². The van der Waals surface area contributed by atoms with Gasteiger partial charge in [-0.3, -0.25) is 4.79 Å². The number of carbonyl (C=O) groups is 2. The Morgan fingerprint density at radius 1 is 1.24 bits per heavy atom. The number of allylic oxidation sites excluding steroid dienone is 1. The Morgan fingerprint density at radius 3 is 2.34 bits per heavy atom. The Hall–Kier alpha value is -0.863. The predicted molar refractivity (Wildman–Crippen MR) is 122 cm³/mol. The SMILES string of the molecule is CC(C)C(C)(C)[Si](C)(C)O[C@H]1CCC=C(Br)[C@H]1OC(=O)CNC(=O)OC(C)(C)C. The summed E-state index contributed by atoms with van der Waals surface area (Å²) >= 11 is 3.54. The summed E-state index contributed by atoms with van der Waals surface area (Å²) in [4.78, 5) is 24.1. The van der Waals surface area contributed by atoms with Gasteiger partial charge in [-0.15, -0.1) is 0 Å². The zero-order valence-electron chi connectivity index (χ0n) is 19.3. The van der Waals surface area contributed by atoms with Crippen molar-refractivity contribution in [1.82, 2.24) is 5.32 Å². The van der Waals surface area contributed by atoms with E-state index >= 15 is 0 Å². The quantitative estimate of drug-likeness (QED) is 0.374. The zero-order chi connectivity index (χ0) is 22.6. The predicted octanol–water partition coefficient (Wildman–Crippen LogP) is 5.52. The lowest BCUT2D eigenvalue weighted by Gasteiger charge is -2.46. The van der Waals surface area contributed by atoms with Gasteiger partial charge in [0.15, 0.2) is 14.4 Å². The second-order valence-corrected chi connectivity index (χ2v) is 15.4. The first kappa shape index (κ1) is 26.2. The summed E-state index contributed by atoms with van der Waals surface area (Å²) in [5.41, 5.74) is -0.624. The Kier molecular flexibility index (Phi) is 8.99. The fraction of sp³-hybridized carbons (Fsp3) is 0.810. The smallest absolute Gasteiger partial charge is 0.408 e. The van der Waals surface area contributed by atoms with Gasteiger partial charge in [0, 0.05) is 4.48 Å². The summed E-state index contributed by atoms with van der Waals surface area (Å²) in [7, 11) is -2.10. The summed E-state index contributed by atoms with van der Waals surface area (Å²) in [5, 5.41) is 2.51. The third kappa shape index (κ3) is 7.72. The lowest BCUT2D eigenvalue weighted by atomic mass is 9.99. The molecule has 0 spiro atoms. The molecule has 0 aromatic carbocycles. The minimum absolute atomic E-state index is 0.0630. The number of esters is 1. The molecule has 168 valence electrons. The van der Waals surface area contributed by atoms with Crippen molar-refractivity contribution in [2.75, 3.05) is 6.54 Å². The fourth-order valence-electron chi connectivity index (χ4n) is 2.95. The van der Waals surface area contributed by atoms with E-state index in [1.807, 2.05) is 6.08 Å². The van der Waals surface area contributed by atoms with E-state index in [2.05, 4.69) is 62.0 Å². The maximum atomic E-state index is 12.4. The van der Waals surface area contributed by atoms with E-state index in [0.717, 1.165) is 17.3 Å². The van der Waals surface area contributed by atoms with Crippen molar-refractivity contribution >= 4 is 36.3 Å². The van der Waals surface area contributed by atoms with Crippen LogP contribution in [0.3, 0.4) is 0 Å². The van der Waals surface area contributed by atoms with Gasteiger partial charge in [0.1, 0.15) is 12.1 Å². The first-order valence-corrected chi connectivity index (χ1v) is 14.0. The molecule has 6 nitrogen and oxygen atoms in total. The molecule has 0 heterocycles. The van der Waals surface area contributed by atoms with Crippen LogP contribution in [0, 0.1) is 5.92 Å². The minimum Gasteiger partial charge on any atom is -0.453 e. The molecule has 1 N–H and O–H groups in total. The average Bonchev–Trinajstić information content (AvgIpc) is 2.54. The number of alkyl carbamates (subject to hydrolysis) is 1. The summed E-state index contributed by atoms with van der Waals surface area (Å²) < 4.78 is 18.3. The second-order valence-electron chi connectivity index (χ2n) is 9.98. The molecule has 2 atom stereocenters. The number of ether oxygens (including phenoxy) is 2. The highest BCUT2D eigenvalue weighted by atomic mass is 79.9. The summed E-state index contributed by atoms with van der Waals surface area (Å²) in [6, 6.07) is 0. The van der Waals surface area contributed by atoms with Crippen LogP contribution in [0.5, 0.6) is 0 Å². The van der Waals surface area contributed by atoms with Crippen LogP contribution in [-0.2, 0) is 18.7 Å². The van der Waals surface area contributed by atoms with Gasteiger partial charge in [-0.1, -0.05) is 49.7 Å². The van der Waals surface area contributed by atoms with E-state index in [0.29, 0.717) is 5.92 Å². The Bertz CT molecular complexity index is 625. The van der Waals surface area contributed by atoms with Gasteiger partial charge < -0.3 is 19.2 Å². The van der Waals surface area contributed by atoms with Gasteiger partial charge >= 0.3 is 12.1 Å². The number of carbonyl (C=O) groups excluding carboxylic acids is 2. The molecule has 1 rings (SSSR count). The Morgan fingerprint density at radius 2 is 1.83 bits per heavy atom. The van der Waals surface area contributed by atoms with Crippen molar-refractivity contribution in [1.29, 1.82) is 0 Å². The lowest BCUT2D eigenvalue weighted by molar-refractivity contribution is -0.150. The monoisotopic (exact) mass is 491 g/mol. The largest absolute Gasteiger partial charge is 0.453 e. The number of halogens is 1. The van der Waals surface area contributed by atoms with Crippen molar-refractivity contribution in [3.05, 3.63) is 10.6 Å². The molecule has 0 saturated heterocycles. The number of hydrogen-bond donors (Lipinski definition) is 1. The van der Waals surface area contributed by atoms with Crippen molar-refractivity contribution in [2.45, 2.75) is 97.2 Å². The molecule has 0 bridgehead atoms. The third-order valence-electron chi connectivity index (χ3n) is 5.88. The molecule has 0 aromatic rings. The van der Waals surface area contributed by atoms with E-state index in [1.54, 1.807) is 20.8 Å². The van der Waals surface area contributed by atoms with Crippen LogP contribution in [0.2, 0.25) is 18.1 Å². The first-order chi connectivity index (χ1) is 13.1. The Labute approximate surface area is 185 Å². The van der Waals surface area contributed by atoms with Crippen molar-refractivity contribution < 1.29 is 23.5 Å². The molecule has 1 amide bonds. The highest BCUT2D eigenvalue weighted by Crippen LogP contribution is 2.46. The number of rotatable bonds is 7.